The lowest BCUT2D eigenvalue weighted by atomic mass is 10.3. The van der Waals surface area contributed by atoms with Gasteiger partial charge in [-0.1, -0.05) is 17.4 Å². The lowest BCUT2D eigenvalue weighted by Crippen LogP contribution is -2.10. The normalized spacial score (nSPS) is 13.7. The third-order valence-electron chi connectivity index (χ3n) is 2.86. The summed E-state index contributed by atoms with van der Waals surface area (Å²) in [6.07, 6.45) is 0. The van der Waals surface area contributed by atoms with Crippen molar-refractivity contribution in [2.75, 3.05) is 11.5 Å². The molecule has 3 heterocycles. The number of thiophene rings is 1. The molecule has 0 radical (unpaired) electrons. The number of rotatable bonds is 3. The maximum absolute atomic E-state index is 12.2. The minimum atomic E-state index is -3.58. The van der Waals surface area contributed by atoms with Gasteiger partial charge >= 0.3 is 0 Å². The molecule has 0 spiro atoms. The summed E-state index contributed by atoms with van der Waals surface area (Å²) in [7, 11) is -3.58. The van der Waals surface area contributed by atoms with Gasteiger partial charge in [-0.2, -0.15) is 0 Å². The molecule has 108 valence electrons. The van der Waals surface area contributed by atoms with Gasteiger partial charge in [-0.15, -0.1) is 11.3 Å². The number of anilines is 1. The number of thiazole rings is 1. The highest BCUT2D eigenvalue weighted by Gasteiger charge is 2.20. The van der Waals surface area contributed by atoms with Gasteiger partial charge < -0.3 is 9.47 Å². The molecule has 0 amide bonds. The molecule has 1 aliphatic heterocycles. The highest BCUT2D eigenvalue weighted by molar-refractivity contribution is 7.94. The second-order valence-electron chi connectivity index (χ2n) is 4.23. The van der Waals surface area contributed by atoms with Crippen molar-refractivity contribution in [1.29, 1.82) is 0 Å². The summed E-state index contributed by atoms with van der Waals surface area (Å²) < 4.78 is 38.5. The average Bonchev–Trinajstić information content (AvgIpc) is 3.15. The number of hydrogen-bond acceptors (Lipinski definition) is 7. The predicted molar refractivity (Wildman–Crippen MR) is 80.9 cm³/mol. The maximum Gasteiger partial charge on any atom is 0.273 e. The van der Waals surface area contributed by atoms with Crippen LogP contribution in [0.3, 0.4) is 0 Å². The highest BCUT2D eigenvalue weighted by Crippen LogP contribution is 2.39. The first kappa shape index (κ1) is 12.9. The topological polar surface area (TPSA) is 77.5 Å². The van der Waals surface area contributed by atoms with Crippen molar-refractivity contribution in [2.45, 2.75) is 4.21 Å². The smallest absolute Gasteiger partial charge is 0.273 e. The van der Waals surface area contributed by atoms with Crippen LogP contribution < -0.4 is 14.2 Å². The number of nitrogens with zero attached hydrogens (tertiary/aromatic N) is 1. The first-order valence-corrected chi connectivity index (χ1v) is 9.06. The summed E-state index contributed by atoms with van der Waals surface area (Å²) >= 11 is 2.42. The van der Waals surface area contributed by atoms with E-state index in [1.165, 1.54) is 11.3 Å². The zero-order chi connectivity index (χ0) is 14.4. The van der Waals surface area contributed by atoms with E-state index in [0.717, 1.165) is 16.0 Å². The molecule has 2 aromatic heterocycles. The molecule has 6 nitrogen and oxygen atoms in total. The Bertz CT molecular complexity index is 875. The Morgan fingerprint density at radius 3 is 2.81 bits per heavy atom. The van der Waals surface area contributed by atoms with Crippen molar-refractivity contribution < 1.29 is 17.9 Å². The fraction of sp³-hybridized carbons (Fsp3) is 0.0833. The van der Waals surface area contributed by atoms with Crippen LogP contribution in [0.2, 0.25) is 0 Å². The van der Waals surface area contributed by atoms with Crippen LogP contribution in [0, 0.1) is 0 Å². The molecule has 9 heteroatoms. The molecule has 1 N–H and O–H groups in total. The first-order chi connectivity index (χ1) is 10.1. The van der Waals surface area contributed by atoms with Gasteiger partial charge in [0.15, 0.2) is 16.6 Å². The summed E-state index contributed by atoms with van der Waals surface area (Å²) in [6.45, 7) is 0.199. The maximum atomic E-state index is 12.2. The van der Waals surface area contributed by atoms with Crippen LogP contribution in [-0.2, 0) is 10.0 Å². The third kappa shape index (κ3) is 2.23. The molecule has 3 aromatic rings. The van der Waals surface area contributed by atoms with Crippen molar-refractivity contribution in [3.05, 3.63) is 29.6 Å². The zero-order valence-corrected chi connectivity index (χ0v) is 12.8. The fourth-order valence-corrected chi connectivity index (χ4v) is 5.05. The SMILES string of the molecule is O=S(=O)(Nc1nc2cc3c(cc2s1)OCO3)c1cccs1. The molecule has 0 unspecified atom stereocenters. The third-order valence-corrected chi connectivity index (χ3v) is 6.66. The van der Waals surface area contributed by atoms with E-state index >= 15 is 0 Å². The largest absolute Gasteiger partial charge is 0.454 e. The number of aromatic nitrogens is 1. The quantitative estimate of drug-likeness (QED) is 0.793. The van der Waals surface area contributed by atoms with Gasteiger partial charge in [-0.05, 0) is 11.4 Å². The standard InChI is InChI=1S/C12H8N2O4S3/c15-21(16,11-2-1-3-19-11)14-12-13-7-4-8-9(18-6-17-8)5-10(7)20-12/h1-5H,6H2,(H,13,14). The Labute approximate surface area is 128 Å². The van der Waals surface area contributed by atoms with Crippen molar-refractivity contribution in [2.24, 2.45) is 0 Å². The van der Waals surface area contributed by atoms with Crippen LogP contribution in [0.15, 0.2) is 33.9 Å². The first-order valence-electron chi connectivity index (χ1n) is 5.88. The summed E-state index contributed by atoms with van der Waals surface area (Å²) in [5.41, 5.74) is 0.674. The van der Waals surface area contributed by atoms with Crippen molar-refractivity contribution in [3.8, 4) is 11.5 Å². The van der Waals surface area contributed by atoms with Gasteiger partial charge in [-0.3, -0.25) is 4.72 Å². The molecule has 0 saturated heterocycles. The second-order valence-corrected chi connectivity index (χ2v) is 8.12. The van der Waals surface area contributed by atoms with E-state index in [0.29, 0.717) is 22.1 Å². The van der Waals surface area contributed by atoms with Crippen LogP contribution in [0.5, 0.6) is 11.5 Å². The number of fused-ring (bicyclic) bond motifs is 2. The summed E-state index contributed by atoms with van der Waals surface area (Å²) in [4.78, 5) is 4.28. The lowest BCUT2D eigenvalue weighted by Gasteiger charge is -2.00. The predicted octanol–water partition coefficient (Wildman–Crippen LogP) is 2.89. The van der Waals surface area contributed by atoms with E-state index in [1.54, 1.807) is 29.6 Å². The molecule has 4 rings (SSSR count). The van der Waals surface area contributed by atoms with E-state index in [9.17, 15) is 8.42 Å². The molecule has 0 bridgehead atoms. The molecule has 0 fully saturated rings. The number of hydrogen-bond donors (Lipinski definition) is 1. The Hall–Kier alpha value is -1.84. The number of sulfonamides is 1. The van der Waals surface area contributed by atoms with Crippen LogP contribution in [0.4, 0.5) is 5.13 Å². The number of nitrogens with one attached hydrogen (secondary N) is 1. The van der Waals surface area contributed by atoms with Crippen molar-refractivity contribution in [3.63, 3.8) is 0 Å². The Morgan fingerprint density at radius 1 is 1.24 bits per heavy atom. The molecule has 0 saturated carbocycles. The minimum absolute atomic E-state index is 0.199. The summed E-state index contributed by atoms with van der Waals surface area (Å²) in [6, 6.07) is 6.79. The molecule has 1 aliphatic rings. The van der Waals surface area contributed by atoms with E-state index in [-0.39, 0.29) is 11.0 Å². The van der Waals surface area contributed by atoms with Crippen LogP contribution in [0.25, 0.3) is 10.2 Å². The molecule has 0 atom stereocenters. The van der Waals surface area contributed by atoms with Gasteiger partial charge in [0.1, 0.15) is 4.21 Å². The number of ether oxygens (including phenoxy) is 2. The Balaban J connectivity index is 1.72. The van der Waals surface area contributed by atoms with Gasteiger partial charge in [0, 0.05) is 12.1 Å². The monoisotopic (exact) mass is 340 g/mol. The summed E-state index contributed by atoms with van der Waals surface area (Å²) in [5.74, 6) is 1.28. The van der Waals surface area contributed by atoms with Gasteiger partial charge in [-0.25, -0.2) is 13.4 Å². The minimum Gasteiger partial charge on any atom is -0.454 e. The van der Waals surface area contributed by atoms with Crippen molar-refractivity contribution >= 4 is 48.0 Å². The number of benzene rings is 1. The fourth-order valence-electron chi connectivity index (χ4n) is 1.94. The van der Waals surface area contributed by atoms with Gasteiger partial charge in [0.05, 0.1) is 10.2 Å². The van der Waals surface area contributed by atoms with Crippen molar-refractivity contribution in [1.82, 2.24) is 4.98 Å². The average molecular weight is 340 g/mol. The van der Waals surface area contributed by atoms with E-state index in [2.05, 4.69) is 9.71 Å². The van der Waals surface area contributed by atoms with Crippen LogP contribution in [0.1, 0.15) is 0 Å². The van der Waals surface area contributed by atoms with E-state index in [1.807, 2.05) is 0 Å². The second kappa shape index (κ2) is 4.58. The van der Waals surface area contributed by atoms with E-state index < -0.39 is 10.0 Å². The van der Waals surface area contributed by atoms with Gasteiger partial charge in [0.2, 0.25) is 6.79 Å². The van der Waals surface area contributed by atoms with Crippen LogP contribution in [-0.4, -0.2) is 20.2 Å². The molecule has 0 aliphatic carbocycles. The summed E-state index contributed by atoms with van der Waals surface area (Å²) in [5, 5.41) is 2.04. The Morgan fingerprint density at radius 2 is 2.05 bits per heavy atom. The lowest BCUT2D eigenvalue weighted by molar-refractivity contribution is 0.174. The molecular weight excluding hydrogens is 332 g/mol. The van der Waals surface area contributed by atoms with Crippen LogP contribution >= 0.6 is 22.7 Å². The molecule has 1 aromatic carbocycles. The molecular formula is C12H8N2O4S3. The zero-order valence-electron chi connectivity index (χ0n) is 10.4. The highest BCUT2D eigenvalue weighted by atomic mass is 32.2. The van der Waals surface area contributed by atoms with Gasteiger partial charge in [0.25, 0.3) is 10.0 Å². The van der Waals surface area contributed by atoms with E-state index in [4.69, 9.17) is 9.47 Å². The molecule has 21 heavy (non-hydrogen) atoms. The Kier molecular flexibility index (Phi) is 2.81.